The molecule has 1 aromatic carbocycles. The van der Waals surface area contributed by atoms with Crippen LogP contribution in [0.15, 0.2) is 39.5 Å². The van der Waals surface area contributed by atoms with E-state index < -0.39 is 5.97 Å². The average Bonchev–Trinajstić information content (AvgIpc) is 2.84. The largest absolute Gasteiger partial charge is 0.478 e. The molecule has 6 heteroatoms. The van der Waals surface area contributed by atoms with Gasteiger partial charge < -0.3 is 10.4 Å². The molecule has 0 bridgehead atoms. The van der Waals surface area contributed by atoms with Gasteiger partial charge in [0.2, 0.25) is 5.91 Å². The van der Waals surface area contributed by atoms with Crippen molar-refractivity contribution in [2.75, 3.05) is 5.32 Å². The number of anilines is 1. The fraction of sp³-hybridized carbons (Fsp3) is 0.0769. The Morgan fingerprint density at radius 2 is 2.11 bits per heavy atom. The Labute approximate surface area is 122 Å². The first-order chi connectivity index (χ1) is 9.06. The molecule has 0 aliphatic carbocycles. The summed E-state index contributed by atoms with van der Waals surface area (Å²) in [6.07, 6.45) is 0.302. The predicted octanol–water partition coefficient (Wildman–Crippen LogP) is 3.39. The van der Waals surface area contributed by atoms with Crippen molar-refractivity contribution in [2.45, 2.75) is 6.42 Å². The summed E-state index contributed by atoms with van der Waals surface area (Å²) in [6.45, 7) is 0. The van der Waals surface area contributed by atoms with Gasteiger partial charge in [0, 0.05) is 4.47 Å². The molecule has 4 nitrogen and oxygen atoms in total. The molecule has 0 aliphatic rings. The number of amides is 1. The number of benzene rings is 1. The zero-order valence-corrected chi connectivity index (χ0v) is 12.1. The molecule has 2 aromatic rings. The molecular weight excluding hydrogens is 330 g/mol. The lowest BCUT2D eigenvalue weighted by atomic mass is 10.2. The van der Waals surface area contributed by atoms with Crippen LogP contribution >= 0.6 is 27.3 Å². The van der Waals surface area contributed by atoms with E-state index in [0.717, 1.165) is 5.56 Å². The summed E-state index contributed by atoms with van der Waals surface area (Å²) in [7, 11) is 0. The van der Waals surface area contributed by atoms with Crippen LogP contribution in [0.5, 0.6) is 0 Å². The average molecular weight is 340 g/mol. The lowest BCUT2D eigenvalue weighted by Crippen LogP contribution is -2.14. The zero-order valence-electron chi connectivity index (χ0n) is 9.72. The smallest absolute Gasteiger partial charge is 0.335 e. The Morgan fingerprint density at radius 1 is 1.32 bits per heavy atom. The minimum atomic E-state index is -1.00. The molecule has 0 aliphatic heterocycles. The highest BCUT2D eigenvalue weighted by atomic mass is 79.9. The van der Waals surface area contributed by atoms with Gasteiger partial charge in [0.05, 0.1) is 17.7 Å². The van der Waals surface area contributed by atoms with Crippen LogP contribution in [0.1, 0.15) is 15.9 Å². The van der Waals surface area contributed by atoms with Crippen LogP contribution in [0.3, 0.4) is 0 Å². The normalized spacial score (nSPS) is 10.2. The number of hydrogen-bond acceptors (Lipinski definition) is 3. The minimum absolute atomic E-state index is 0.137. The maximum absolute atomic E-state index is 11.8. The summed E-state index contributed by atoms with van der Waals surface area (Å²) >= 11 is 4.79. The third-order valence-corrected chi connectivity index (χ3v) is 3.82. The molecule has 1 amide bonds. The van der Waals surface area contributed by atoms with Crippen LogP contribution in [0.4, 0.5) is 5.69 Å². The van der Waals surface area contributed by atoms with Gasteiger partial charge in [-0.2, -0.15) is 11.3 Å². The van der Waals surface area contributed by atoms with E-state index in [4.69, 9.17) is 5.11 Å². The second-order valence-corrected chi connectivity index (χ2v) is 5.49. The molecule has 0 radical (unpaired) electrons. The van der Waals surface area contributed by atoms with Gasteiger partial charge in [0.1, 0.15) is 0 Å². The predicted molar refractivity (Wildman–Crippen MR) is 77.8 cm³/mol. The Morgan fingerprint density at radius 3 is 2.68 bits per heavy atom. The number of carbonyl (C=O) groups excluding carboxylic acids is 1. The third kappa shape index (κ3) is 3.65. The van der Waals surface area contributed by atoms with Crippen LogP contribution in [-0.4, -0.2) is 17.0 Å². The quantitative estimate of drug-likeness (QED) is 0.897. The van der Waals surface area contributed by atoms with Crippen molar-refractivity contribution in [3.63, 3.8) is 0 Å². The number of thiophene rings is 1. The van der Waals surface area contributed by atoms with E-state index in [1.807, 2.05) is 16.8 Å². The van der Waals surface area contributed by atoms with E-state index in [9.17, 15) is 9.59 Å². The monoisotopic (exact) mass is 339 g/mol. The number of halogens is 1. The van der Waals surface area contributed by atoms with Crippen molar-refractivity contribution in [3.8, 4) is 0 Å². The van der Waals surface area contributed by atoms with Crippen molar-refractivity contribution >= 4 is 44.8 Å². The van der Waals surface area contributed by atoms with Crippen LogP contribution in [-0.2, 0) is 11.2 Å². The maximum Gasteiger partial charge on any atom is 0.335 e. The van der Waals surface area contributed by atoms with E-state index in [0.29, 0.717) is 16.6 Å². The van der Waals surface area contributed by atoms with Crippen molar-refractivity contribution in [2.24, 2.45) is 0 Å². The summed E-state index contributed by atoms with van der Waals surface area (Å²) in [4.78, 5) is 22.6. The molecule has 0 spiro atoms. The lowest BCUT2D eigenvalue weighted by Gasteiger charge is -2.07. The van der Waals surface area contributed by atoms with E-state index >= 15 is 0 Å². The van der Waals surface area contributed by atoms with Crippen molar-refractivity contribution < 1.29 is 14.7 Å². The highest BCUT2D eigenvalue weighted by molar-refractivity contribution is 9.10. The summed E-state index contributed by atoms with van der Waals surface area (Å²) < 4.78 is 0.547. The molecule has 0 saturated carbocycles. The van der Waals surface area contributed by atoms with Gasteiger partial charge in [0.15, 0.2) is 0 Å². The van der Waals surface area contributed by atoms with Crippen molar-refractivity contribution in [1.29, 1.82) is 0 Å². The van der Waals surface area contributed by atoms with E-state index in [2.05, 4.69) is 21.2 Å². The molecule has 0 fully saturated rings. The molecule has 0 unspecified atom stereocenters. The van der Waals surface area contributed by atoms with Crippen LogP contribution in [0.2, 0.25) is 0 Å². The molecule has 1 aromatic heterocycles. The molecule has 1 heterocycles. The summed E-state index contributed by atoms with van der Waals surface area (Å²) in [5.41, 5.74) is 1.69. The summed E-state index contributed by atoms with van der Waals surface area (Å²) in [5.74, 6) is -1.14. The highest BCUT2D eigenvalue weighted by Crippen LogP contribution is 2.24. The highest BCUT2D eigenvalue weighted by Gasteiger charge is 2.10. The standard InChI is InChI=1S/C13H10BrNO3S/c14-10-6-9(13(17)18)1-2-11(10)15-12(16)5-8-3-4-19-7-8/h1-4,6-7H,5H2,(H,15,16)(H,17,18). The van der Waals surface area contributed by atoms with Crippen LogP contribution < -0.4 is 5.32 Å². The molecular formula is C13H10BrNO3S. The second-order valence-electron chi connectivity index (χ2n) is 3.86. The number of hydrogen-bond donors (Lipinski definition) is 2. The van der Waals surface area contributed by atoms with Gasteiger partial charge in [-0.3, -0.25) is 4.79 Å². The SMILES string of the molecule is O=C(Cc1ccsc1)Nc1ccc(C(=O)O)cc1Br. The van der Waals surface area contributed by atoms with Crippen LogP contribution in [0, 0.1) is 0 Å². The van der Waals surface area contributed by atoms with Crippen molar-refractivity contribution in [3.05, 3.63) is 50.6 Å². The van der Waals surface area contributed by atoms with E-state index in [1.54, 1.807) is 17.4 Å². The molecule has 2 N–H and O–H groups in total. The lowest BCUT2D eigenvalue weighted by molar-refractivity contribution is -0.115. The Hall–Kier alpha value is -1.66. The first-order valence-electron chi connectivity index (χ1n) is 5.40. The first kappa shape index (κ1) is 13.8. The van der Waals surface area contributed by atoms with E-state index in [-0.39, 0.29) is 11.5 Å². The Bertz CT molecular complexity index is 610. The minimum Gasteiger partial charge on any atom is -0.478 e. The van der Waals surface area contributed by atoms with Gasteiger partial charge in [-0.25, -0.2) is 4.79 Å². The van der Waals surface area contributed by atoms with Gasteiger partial charge >= 0.3 is 5.97 Å². The number of nitrogens with one attached hydrogen (secondary N) is 1. The summed E-state index contributed by atoms with van der Waals surface area (Å²) in [6, 6.07) is 6.38. The first-order valence-corrected chi connectivity index (χ1v) is 7.13. The zero-order chi connectivity index (χ0) is 13.8. The summed E-state index contributed by atoms with van der Waals surface area (Å²) in [5, 5.41) is 15.4. The number of carbonyl (C=O) groups is 2. The number of carboxylic acids is 1. The van der Waals surface area contributed by atoms with Gasteiger partial charge in [-0.1, -0.05) is 0 Å². The number of aromatic carboxylic acids is 1. The molecule has 98 valence electrons. The molecule has 19 heavy (non-hydrogen) atoms. The molecule has 0 saturated heterocycles. The fourth-order valence-electron chi connectivity index (χ4n) is 1.52. The topological polar surface area (TPSA) is 66.4 Å². The van der Waals surface area contributed by atoms with Crippen molar-refractivity contribution in [1.82, 2.24) is 0 Å². The second kappa shape index (κ2) is 5.99. The number of carboxylic acid groups (broad SMARTS) is 1. The number of rotatable bonds is 4. The fourth-order valence-corrected chi connectivity index (χ4v) is 2.67. The van der Waals surface area contributed by atoms with Gasteiger partial charge in [-0.15, -0.1) is 0 Å². The Kier molecular flexibility index (Phi) is 4.34. The van der Waals surface area contributed by atoms with Gasteiger partial charge in [-0.05, 0) is 56.5 Å². The van der Waals surface area contributed by atoms with Gasteiger partial charge in [0.25, 0.3) is 0 Å². The van der Waals surface area contributed by atoms with E-state index in [1.165, 1.54) is 12.1 Å². The maximum atomic E-state index is 11.8. The van der Waals surface area contributed by atoms with Crippen LogP contribution in [0.25, 0.3) is 0 Å². The molecule has 0 atom stereocenters. The molecule has 2 rings (SSSR count). The Balaban J connectivity index is 2.07. The third-order valence-electron chi connectivity index (χ3n) is 2.43.